The van der Waals surface area contributed by atoms with Crippen molar-refractivity contribution >= 4 is 13.7 Å². The Labute approximate surface area is 349 Å². The summed E-state index contributed by atoms with van der Waals surface area (Å²) in [7, 11) is 1.62. The first-order valence-electron chi connectivity index (χ1n) is 24.4. The second-order valence-corrected chi connectivity index (χ2v) is 19.7. The molecule has 3 atom stereocenters. The van der Waals surface area contributed by atoms with Crippen molar-refractivity contribution in [2.45, 2.75) is 257 Å². The Morgan fingerprint density at radius 3 is 1.18 bits per heavy atom. The number of aliphatic hydroxyl groups is 1. The Kier molecular flexibility index (Phi) is 39.6. The van der Waals surface area contributed by atoms with Gasteiger partial charge in [-0.25, -0.2) is 4.57 Å². The van der Waals surface area contributed by atoms with Gasteiger partial charge in [0.05, 0.1) is 39.9 Å². The van der Waals surface area contributed by atoms with E-state index < -0.39 is 20.0 Å². The topological polar surface area (TPSA) is 105 Å². The molecule has 0 heterocycles. The Morgan fingerprint density at radius 2 is 0.857 bits per heavy atom. The summed E-state index contributed by atoms with van der Waals surface area (Å²) in [6.07, 6.45) is 45.7. The van der Waals surface area contributed by atoms with E-state index in [4.69, 9.17) is 9.05 Å². The highest BCUT2D eigenvalue weighted by atomic mass is 31.2. The van der Waals surface area contributed by atoms with E-state index in [0.717, 1.165) is 32.1 Å². The third-order valence-electron chi connectivity index (χ3n) is 11.4. The molecule has 0 aliphatic carbocycles. The van der Waals surface area contributed by atoms with Crippen LogP contribution < -0.4 is 5.32 Å². The third-order valence-corrected chi connectivity index (χ3v) is 12.3. The number of rotatable bonds is 45. The summed E-state index contributed by atoms with van der Waals surface area (Å²) in [5.74, 6) is -0.177. The predicted octanol–water partition coefficient (Wildman–Crippen LogP) is 13.8. The van der Waals surface area contributed by atoms with Gasteiger partial charge >= 0.3 is 7.82 Å². The average Bonchev–Trinajstić information content (AvgIpc) is 3.15. The van der Waals surface area contributed by atoms with Gasteiger partial charge in [0, 0.05) is 6.42 Å². The van der Waals surface area contributed by atoms with E-state index in [0.29, 0.717) is 23.9 Å². The van der Waals surface area contributed by atoms with Crippen molar-refractivity contribution in [1.82, 2.24) is 5.32 Å². The largest absolute Gasteiger partial charge is 0.472 e. The first-order chi connectivity index (χ1) is 27.0. The Hall–Kier alpha value is -0.500. The zero-order valence-corrected chi connectivity index (χ0v) is 39.0. The molecule has 3 unspecified atom stereocenters. The lowest BCUT2D eigenvalue weighted by atomic mass is 10.0. The lowest BCUT2D eigenvalue weighted by Crippen LogP contribution is -2.46. The number of carbonyl (C=O) groups excluding carboxylic acids is 1. The molecule has 56 heavy (non-hydrogen) atoms. The summed E-state index contributed by atoms with van der Waals surface area (Å²) in [6.45, 7) is 4.67. The molecule has 0 aromatic heterocycles. The smallest absolute Gasteiger partial charge is 0.391 e. The van der Waals surface area contributed by atoms with Gasteiger partial charge in [0.15, 0.2) is 0 Å². The van der Waals surface area contributed by atoms with Crippen molar-refractivity contribution in [3.05, 3.63) is 0 Å². The van der Waals surface area contributed by atoms with Crippen LogP contribution in [-0.4, -0.2) is 73.4 Å². The van der Waals surface area contributed by atoms with Crippen LogP contribution in [0.2, 0.25) is 0 Å². The number of phosphoric acid groups is 1. The molecule has 1 amide bonds. The molecule has 0 radical (unpaired) electrons. The van der Waals surface area contributed by atoms with E-state index in [1.165, 1.54) is 186 Å². The van der Waals surface area contributed by atoms with Crippen LogP contribution in [0.1, 0.15) is 245 Å². The average molecular weight is 818 g/mol. The molecule has 9 heteroatoms. The van der Waals surface area contributed by atoms with Crippen molar-refractivity contribution in [3.8, 4) is 0 Å². The number of quaternary nitrogens is 1. The van der Waals surface area contributed by atoms with E-state index >= 15 is 0 Å². The van der Waals surface area contributed by atoms with Gasteiger partial charge in [-0.1, -0.05) is 226 Å². The lowest BCUT2D eigenvalue weighted by molar-refractivity contribution is -0.870. The molecule has 0 aromatic rings. The van der Waals surface area contributed by atoms with Crippen molar-refractivity contribution in [3.63, 3.8) is 0 Å². The standard InChI is InChI=1S/C47H97N2O6P/c1-6-8-10-11-12-13-14-15-16-17-18-19-20-21-22-23-24-25-26-27-28-29-30-31-32-33-34-35-36-37-38-39-40-46(50)45(48-47(51)41-9-7-2)44-55-56(52,53)54-43-42-49(3,4)5/h45-46,50H,6-44H2,1-5H3,(H-,48,51,52,53)/p+1. The fraction of sp³-hybridized carbons (Fsp3) is 0.979. The molecule has 0 fully saturated rings. The van der Waals surface area contributed by atoms with Crippen LogP contribution in [0.5, 0.6) is 0 Å². The van der Waals surface area contributed by atoms with Crippen LogP contribution in [0.4, 0.5) is 0 Å². The van der Waals surface area contributed by atoms with Crippen molar-refractivity contribution in [1.29, 1.82) is 0 Å². The summed E-state index contributed by atoms with van der Waals surface area (Å²) >= 11 is 0. The van der Waals surface area contributed by atoms with Crippen LogP contribution in [0, 0.1) is 0 Å². The third kappa shape index (κ3) is 41.7. The molecule has 0 rings (SSSR count). The molecular formula is C47H98N2O6P+. The Bertz CT molecular complexity index is 885. The SMILES string of the molecule is CCCCCCCCCCCCCCCCCCCCCCCCCCCCCCCCCCC(O)C(COP(=O)(O)OCC[N+](C)(C)C)NC(=O)CCCC. The fourth-order valence-corrected chi connectivity index (χ4v) is 8.17. The minimum absolute atomic E-state index is 0.0764. The molecule has 0 aromatic carbocycles. The summed E-state index contributed by atoms with van der Waals surface area (Å²) in [5.41, 5.74) is 0. The second kappa shape index (κ2) is 39.9. The molecule has 0 saturated heterocycles. The number of nitrogens with one attached hydrogen (secondary N) is 1. The Morgan fingerprint density at radius 1 is 0.536 bits per heavy atom. The molecule has 0 bridgehead atoms. The quantitative estimate of drug-likeness (QED) is 0.0321. The highest BCUT2D eigenvalue weighted by Crippen LogP contribution is 2.43. The van der Waals surface area contributed by atoms with Gasteiger partial charge < -0.3 is 19.8 Å². The van der Waals surface area contributed by atoms with Crippen molar-refractivity contribution in [2.24, 2.45) is 0 Å². The van der Waals surface area contributed by atoms with E-state index in [-0.39, 0.29) is 19.1 Å². The number of unbranched alkanes of at least 4 members (excludes halogenated alkanes) is 32. The van der Waals surface area contributed by atoms with Gasteiger partial charge in [0.25, 0.3) is 0 Å². The van der Waals surface area contributed by atoms with E-state index in [9.17, 15) is 19.4 Å². The summed E-state index contributed by atoms with van der Waals surface area (Å²) in [4.78, 5) is 22.5. The van der Waals surface area contributed by atoms with Crippen LogP contribution in [0.15, 0.2) is 0 Å². The number of phosphoric ester groups is 1. The maximum Gasteiger partial charge on any atom is 0.472 e. The molecule has 0 saturated carbocycles. The van der Waals surface area contributed by atoms with Gasteiger partial charge in [-0.05, 0) is 12.8 Å². The maximum absolute atomic E-state index is 12.4. The normalized spacial score (nSPS) is 14.2. The van der Waals surface area contributed by atoms with Gasteiger partial charge in [0.1, 0.15) is 13.2 Å². The summed E-state index contributed by atoms with van der Waals surface area (Å²) in [5, 5.41) is 13.7. The molecule has 0 aliphatic rings. The van der Waals surface area contributed by atoms with Crippen molar-refractivity contribution < 1.29 is 32.9 Å². The molecule has 3 N–H and O–H groups in total. The van der Waals surface area contributed by atoms with Gasteiger partial charge in [-0.3, -0.25) is 13.8 Å². The number of likely N-dealkylation sites (N-methyl/N-ethyl adjacent to an activating group) is 1. The minimum atomic E-state index is -4.28. The van der Waals surface area contributed by atoms with Gasteiger partial charge in [-0.15, -0.1) is 0 Å². The molecule has 8 nitrogen and oxygen atoms in total. The predicted molar refractivity (Wildman–Crippen MR) is 240 cm³/mol. The molecule has 0 aliphatic heterocycles. The van der Waals surface area contributed by atoms with Gasteiger partial charge in [-0.2, -0.15) is 0 Å². The zero-order chi connectivity index (χ0) is 41.4. The second-order valence-electron chi connectivity index (χ2n) is 18.2. The minimum Gasteiger partial charge on any atom is -0.391 e. The number of carbonyl (C=O) groups is 1. The first-order valence-corrected chi connectivity index (χ1v) is 25.9. The summed E-state index contributed by atoms with van der Waals surface area (Å²) in [6, 6.07) is -0.750. The zero-order valence-electron chi connectivity index (χ0n) is 38.2. The van der Waals surface area contributed by atoms with Crippen LogP contribution in [0.3, 0.4) is 0 Å². The van der Waals surface area contributed by atoms with Crippen LogP contribution in [0.25, 0.3) is 0 Å². The van der Waals surface area contributed by atoms with E-state index in [1.54, 1.807) is 0 Å². The number of amides is 1. The molecule has 0 spiro atoms. The van der Waals surface area contributed by atoms with Crippen molar-refractivity contribution in [2.75, 3.05) is 40.9 Å². The monoisotopic (exact) mass is 818 g/mol. The molecule has 336 valence electrons. The number of hydrogen-bond acceptors (Lipinski definition) is 5. The summed E-state index contributed by atoms with van der Waals surface area (Å²) < 4.78 is 23.3. The highest BCUT2D eigenvalue weighted by Gasteiger charge is 2.28. The van der Waals surface area contributed by atoms with Crippen LogP contribution in [-0.2, 0) is 18.4 Å². The lowest BCUT2D eigenvalue weighted by Gasteiger charge is -2.26. The van der Waals surface area contributed by atoms with E-state index in [2.05, 4.69) is 12.2 Å². The van der Waals surface area contributed by atoms with Gasteiger partial charge in [0.2, 0.25) is 5.91 Å². The van der Waals surface area contributed by atoms with E-state index in [1.807, 2.05) is 28.1 Å². The van der Waals surface area contributed by atoms with Crippen LogP contribution >= 0.6 is 7.82 Å². The number of hydrogen-bond donors (Lipinski definition) is 3. The molecular weight excluding hydrogens is 719 g/mol. The highest BCUT2D eigenvalue weighted by molar-refractivity contribution is 7.47. The Balaban J connectivity index is 3.66. The number of aliphatic hydroxyl groups excluding tert-OH is 1. The first kappa shape index (κ1) is 55.5. The number of nitrogens with zero attached hydrogens (tertiary/aromatic N) is 1. The fourth-order valence-electron chi connectivity index (χ4n) is 7.44. The maximum atomic E-state index is 12.4.